The van der Waals surface area contributed by atoms with Gasteiger partial charge < -0.3 is 5.32 Å². The predicted molar refractivity (Wildman–Crippen MR) is 97.6 cm³/mol. The monoisotopic (exact) mass is 400 g/mol. The Morgan fingerprint density at radius 3 is 2.58 bits per heavy atom. The maximum atomic E-state index is 12.5. The molecule has 0 fully saturated rings. The highest BCUT2D eigenvalue weighted by atomic mass is 35.5. The Morgan fingerprint density at radius 2 is 1.88 bits per heavy atom. The highest BCUT2D eigenvalue weighted by Crippen LogP contribution is 2.37. The SMILES string of the molecule is NS(=O)(=O)c1cccc(NC(=O)c2sc3cc(Cl)ccc3c2Cl)c1. The lowest BCUT2D eigenvalue weighted by molar-refractivity contribution is 0.103. The van der Waals surface area contributed by atoms with E-state index in [0.29, 0.717) is 20.6 Å². The van der Waals surface area contributed by atoms with Crippen molar-refractivity contribution in [1.29, 1.82) is 0 Å². The van der Waals surface area contributed by atoms with Gasteiger partial charge in [0.1, 0.15) is 4.88 Å². The van der Waals surface area contributed by atoms with Gasteiger partial charge in [-0.05, 0) is 30.3 Å². The van der Waals surface area contributed by atoms with Crippen LogP contribution in [0.1, 0.15) is 9.67 Å². The molecule has 0 saturated heterocycles. The molecule has 2 aromatic carbocycles. The molecule has 0 bridgehead atoms. The van der Waals surface area contributed by atoms with Gasteiger partial charge in [-0.2, -0.15) is 0 Å². The van der Waals surface area contributed by atoms with Gasteiger partial charge in [-0.15, -0.1) is 11.3 Å². The third kappa shape index (κ3) is 3.40. The summed E-state index contributed by atoms with van der Waals surface area (Å²) in [5.41, 5.74) is 0.304. The Balaban J connectivity index is 1.95. The van der Waals surface area contributed by atoms with Crippen molar-refractivity contribution >= 4 is 66.2 Å². The number of rotatable bonds is 3. The Hall–Kier alpha value is -1.64. The van der Waals surface area contributed by atoms with E-state index in [9.17, 15) is 13.2 Å². The average Bonchev–Trinajstić information content (AvgIpc) is 2.83. The zero-order valence-electron chi connectivity index (χ0n) is 11.9. The number of amides is 1. The number of hydrogen-bond donors (Lipinski definition) is 2. The lowest BCUT2D eigenvalue weighted by Crippen LogP contribution is -2.14. The molecule has 0 aliphatic rings. The van der Waals surface area contributed by atoms with E-state index < -0.39 is 15.9 Å². The number of thiophene rings is 1. The normalized spacial score (nSPS) is 11.6. The minimum atomic E-state index is -3.85. The number of nitrogens with one attached hydrogen (secondary N) is 1. The number of hydrogen-bond acceptors (Lipinski definition) is 4. The summed E-state index contributed by atoms with van der Waals surface area (Å²) >= 11 is 13.4. The van der Waals surface area contributed by atoms with Crippen molar-refractivity contribution in [1.82, 2.24) is 0 Å². The molecule has 0 saturated carbocycles. The van der Waals surface area contributed by atoms with Gasteiger partial charge in [0.25, 0.3) is 5.91 Å². The molecule has 0 atom stereocenters. The first-order valence-electron chi connectivity index (χ1n) is 6.57. The molecule has 0 aliphatic heterocycles. The standard InChI is InChI=1S/C15H10Cl2N2O3S2/c16-8-4-5-11-12(6-8)23-14(13(11)17)15(20)19-9-2-1-3-10(7-9)24(18,21)22/h1-7H,(H,19,20)(H2,18,21,22). The highest BCUT2D eigenvalue weighted by molar-refractivity contribution is 7.89. The zero-order chi connectivity index (χ0) is 17.5. The van der Waals surface area contributed by atoms with Crippen molar-refractivity contribution in [3.63, 3.8) is 0 Å². The van der Waals surface area contributed by atoms with Crippen molar-refractivity contribution in [2.24, 2.45) is 5.14 Å². The second kappa shape index (κ2) is 6.34. The second-order valence-electron chi connectivity index (χ2n) is 4.91. The van der Waals surface area contributed by atoms with Crippen LogP contribution in [0.25, 0.3) is 10.1 Å². The molecule has 1 heterocycles. The number of carbonyl (C=O) groups is 1. The van der Waals surface area contributed by atoms with E-state index in [1.54, 1.807) is 24.3 Å². The number of benzene rings is 2. The summed E-state index contributed by atoms with van der Waals surface area (Å²) in [6, 6.07) is 10.8. The van der Waals surface area contributed by atoms with E-state index in [0.717, 1.165) is 10.1 Å². The van der Waals surface area contributed by atoms with E-state index >= 15 is 0 Å². The summed E-state index contributed by atoms with van der Waals surface area (Å²) in [6.07, 6.45) is 0. The van der Waals surface area contributed by atoms with E-state index in [1.165, 1.54) is 29.5 Å². The van der Waals surface area contributed by atoms with Crippen LogP contribution in [0.5, 0.6) is 0 Å². The van der Waals surface area contributed by atoms with Crippen LogP contribution in [-0.2, 0) is 10.0 Å². The largest absolute Gasteiger partial charge is 0.321 e. The van der Waals surface area contributed by atoms with Gasteiger partial charge in [0.15, 0.2) is 0 Å². The molecule has 3 N–H and O–H groups in total. The molecule has 3 rings (SSSR count). The fraction of sp³-hybridized carbons (Fsp3) is 0. The summed E-state index contributed by atoms with van der Waals surface area (Å²) in [5, 5.41) is 9.31. The van der Waals surface area contributed by atoms with Crippen LogP contribution >= 0.6 is 34.5 Å². The highest BCUT2D eigenvalue weighted by Gasteiger charge is 2.18. The number of primary sulfonamides is 1. The van der Waals surface area contributed by atoms with Gasteiger partial charge in [-0.1, -0.05) is 35.3 Å². The van der Waals surface area contributed by atoms with Crippen molar-refractivity contribution in [2.45, 2.75) is 4.90 Å². The Morgan fingerprint density at radius 1 is 1.12 bits per heavy atom. The molecule has 9 heteroatoms. The zero-order valence-corrected chi connectivity index (χ0v) is 15.1. The van der Waals surface area contributed by atoms with Crippen LogP contribution in [-0.4, -0.2) is 14.3 Å². The molecule has 1 amide bonds. The maximum Gasteiger partial charge on any atom is 0.267 e. The van der Waals surface area contributed by atoms with Gasteiger partial charge in [-0.3, -0.25) is 4.79 Å². The minimum absolute atomic E-state index is 0.0884. The number of halogens is 2. The summed E-state index contributed by atoms with van der Waals surface area (Å²) in [5.74, 6) is -0.441. The minimum Gasteiger partial charge on any atom is -0.321 e. The number of carbonyl (C=O) groups excluding carboxylic acids is 1. The summed E-state index contributed by atoms with van der Waals surface area (Å²) in [7, 11) is -3.85. The lowest BCUT2D eigenvalue weighted by atomic mass is 10.2. The average molecular weight is 401 g/mol. The van der Waals surface area contributed by atoms with Gasteiger partial charge in [0.2, 0.25) is 10.0 Å². The van der Waals surface area contributed by atoms with E-state index in [1.807, 2.05) is 0 Å². The molecule has 3 aromatic rings. The summed E-state index contributed by atoms with van der Waals surface area (Å²) < 4.78 is 23.5. The third-order valence-corrected chi connectivity index (χ3v) is 6.02. The van der Waals surface area contributed by atoms with Crippen LogP contribution in [0.2, 0.25) is 10.0 Å². The first-order valence-corrected chi connectivity index (χ1v) is 9.69. The lowest BCUT2D eigenvalue weighted by Gasteiger charge is -2.05. The van der Waals surface area contributed by atoms with Crippen molar-refractivity contribution < 1.29 is 13.2 Å². The van der Waals surface area contributed by atoms with Crippen molar-refractivity contribution in [3.8, 4) is 0 Å². The van der Waals surface area contributed by atoms with Crippen LogP contribution in [0, 0.1) is 0 Å². The van der Waals surface area contributed by atoms with E-state index in [2.05, 4.69) is 5.32 Å². The van der Waals surface area contributed by atoms with E-state index in [4.69, 9.17) is 28.3 Å². The Labute approximate surface area is 152 Å². The van der Waals surface area contributed by atoms with Crippen LogP contribution < -0.4 is 10.5 Å². The quantitative estimate of drug-likeness (QED) is 0.692. The first-order chi connectivity index (χ1) is 11.3. The first kappa shape index (κ1) is 17.2. The number of anilines is 1. The van der Waals surface area contributed by atoms with Gasteiger partial charge in [0.05, 0.1) is 9.92 Å². The van der Waals surface area contributed by atoms with Crippen molar-refractivity contribution in [2.75, 3.05) is 5.32 Å². The third-order valence-electron chi connectivity index (χ3n) is 3.22. The molecule has 5 nitrogen and oxygen atoms in total. The Kier molecular flexibility index (Phi) is 4.54. The van der Waals surface area contributed by atoms with Crippen LogP contribution in [0.4, 0.5) is 5.69 Å². The summed E-state index contributed by atoms with van der Waals surface area (Å²) in [4.78, 5) is 12.7. The number of nitrogens with two attached hydrogens (primary N) is 1. The second-order valence-corrected chi connectivity index (χ2v) is 8.34. The molecular weight excluding hydrogens is 391 g/mol. The molecule has 0 aliphatic carbocycles. The number of sulfonamides is 1. The summed E-state index contributed by atoms with van der Waals surface area (Å²) in [6.45, 7) is 0. The predicted octanol–water partition coefficient (Wildman–Crippen LogP) is 4.11. The van der Waals surface area contributed by atoms with Gasteiger partial charge >= 0.3 is 0 Å². The van der Waals surface area contributed by atoms with E-state index in [-0.39, 0.29) is 4.90 Å². The topological polar surface area (TPSA) is 89.3 Å². The number of fused-ring (bicyclic) bond motifs is 1. The molecule has 24 heavy (non-hydrogen) atoms. The molecule has 0 unspecified atom stereocenters. The van der Waals surface area contributed by atoms with Gasteiger partial charge in [0, 0.05) is 20.8 Å². The molecule has 0 radical (unpaired) electrons. The Bertz CT molecular complexity index is 1060. The molecule has 0 spiro atoms. The fourth-order valence-corrected chi connectivity index (χ4v) is 4.37. The van der Waals surface area contributed by atoms with Gasteiger partial charge in [-0.25, -0.2) is 13.6 Å². The van der Waals surface area contributed by atoms with Crippen LogP contribution in [0.3, 0.4) is 0 Å². The maximum absolute atomic E-state index is 12.5. The molecule has 124 valence electrons. The van der Waals surface area contributed by atoms with Crippen LogP contribution in [0.15, 0.2) is 47.4 Å². The smallest absolute Gasteiger partial charge is 0.267 e. The fourth-order valence-electron chi connectivity index (χ4n) is 2.12. The van der Waals surface area contributed by atoms with Crippen molar-refractivity contribution in [3.05, 3.63) is 57.4 Å². The molecular formula is C15H10Cl2N2O3S2. The molecule has 1 aromatic heterocycles.